The van der Waals surface area contributed by atoms with Crippen LogP contribution in [0.3, 0.4) is 0 Å². The molecule has 41 heavy (non-hydrogen) atoms. The average Bonchev–Trinajstić information content (AvgIpc) is 3.44. The second-order valence-corrected chi connectivity index (χ2v) is 13.2. The van der Waals surface area contributed by atoms with Gasteiger partial charge < -0.3 is 10.2 Å². The molecule has 0 spiro atoms. The van der Waals surface area contributed by atoms with Crippen molar-refractivity contribution in [2.45, 2.75) is 64.6 Å². The van der Waals surface area contributed by atoms with Crippen molar-refractivity contribution in [2.75, 3.05) is 17.1 Å². The maximum atomic E-state index is 14.3. The summed E-state index contributed by atoms with van der Waals surface area (Å²) in [5, 5.41) is 3.55. The molecule has 3 aromatic carbocycles. The monoisotopic (exact) mass is 595 g/mol. The van der Waals surface area contributed by atoms with Gasteiger partial charge in [0.25, 0.3) is 0 Å². The molecule has 2 amide bonds. The number of halogens is 1. The predicted molar refractivity (Wildman–Crippen MR) is 164 cm³/mol. The van der Waals surface area contributed by atoms with E-state index in [1.165, 1.54) is 4.90 Å². The van der Waals surface area contributed by atoms with Crippen LogP contribution in [0.4, 0.5) is 5.69 Å². The molecule has 218 valence electrons. The number of hydrogen-bond acceptors (Lipinski definition) is 4. The Bertz CT molecular complexity index is 1470. The molecule has 0 aromatic heterocycles. The molecule has 1 N–H and O–H groups in total. The highest BCUT2D eigenvalue weighted by Gasteiger charge is 2.34. The minimum atomic E-state index is -3.86. The number of rotatable bonds is 11. The van der Waals surface area contributed by atoms with Crippen molar-refractivity contribution in [3.8, 4) is 0 Å². The highest BCUT2D eigenvalue weighted by Crippen LogP contribution is 2.27. The Kier molecular flexibility index (Phi) is 10.1. The van der Waals surface area contributed by atoms with Crippen LogP contribution in [0.1, 0.15) is 47.9 Å². The van der Waals surface area contributed by atoms with Gasteiger partial charge in [0.05, 0.1) is 11.9 Å². The molecule has 1 saturated carbocycles. The first-order chi connectivity index (χ1) is 19.5. The molecular formula is C32H38ClN3O4S. The number of amides is 2. The van der Waals surface area contributed by atoms with Gasteiger partial charge >= 0.3 is 0 Å². The number of nitrogens with zero attached hydrogens (tertiary/aromatic N) is 2. The quantitative estimate of drug-likeness (QED) is 0.321. The van der Waals surface area contributed by atoms with Crippen LogP contribution in [0.25, 0.3) is 0 Å². The lowest BCUT2D eigenvalue weighted by Gasteiger charge is -2.34. The minimum absolute atomic E-state index is 0.0674. The van der Waals surface area contributed by atoms with E-state index < -0.39 is 28.5 Å². The number of hydrogen-bond donors (Lipinski definition) is 1. The minimum Gasteiger partial charge on any atom is -0.352 e. The fourth-order valence-corrected chi connectivity index (χ4v) is 6.40. The van der Waals surface area contributed by atoms with Crippen molar-refractivity contribution in [2.24, 2.45) is 0 Å². The summed E-state index contributed by atoms with van der Waals surface area (Å²) in [4.78, 5) is 29.7. The topological polar surface area (TPSA) is 86.8 Å². The zero-order valence-electron chi connectivity index (χ0n) is 23.8. The van der Waals surface area contributed by atoms with Gasteiger partial charge in [-0.2, -0.15) is 0 Å². The molecule has 7 nitrogen and oxygen atoms in total. The van der Waals surface area contributed by atoms with E-state index in [0.717, 1.165) is 52.9 Å². The van der Waals surface area contributed by atoms with E-state index in [0.29, 0.717) is 22.7 Å². The van der Waals surface area contributed by atoms with E-state index in [4.69, 9.17) is 11.6 Å². The molecule has 1 atom stereocenters. The van der Waals surface area contributed by atoms with E-state index in [-0.39, 0.29) is 18.5 Å². The third kappa shape index (κ3) is 8.11. The van der Waals surface area contributed by atoms with Crippen LogP contribution in [-0.4, -0.2) is 50.0 Å². The van der Waals surface area contributed by atoms with Gasteiger partial charge in [-0.05, 0) is 61.1 Å². The molecular weight excluding hydrogens is 558 g/mol. The summed E-state index contributed by atoms with van der Waals surface area (Å²) in [5.41, 5.74) is 3.77. The lowest BCUT2D eigenvalue weighted by molar-refractivity contribution is -0.140. The number of aryl methyl sites for hydroxylation is 2. The van der Waals surface area contributed by atoms with Crippen LogP contribution in [0.15, 0.2) is 72.8 Å². The first-order valence-corrected chi connectivity index (χ1v) is 16.2. The van der Waals surface area contributed by atoms with Crippen LogP contribution in [0, 0.1) is 13.8 Å². The number of sulfonamides is 1. The van der Waals surface area contributed by atoms with Crippen molar-refractivity contribution in [1.82, 2.24) is 10.2 Å². The summed E-state index contributed by atoms with van der Waals surface area (Å²) in [7, 11) is -3.86. The molecule has 1 unspecified atom stereocenters. The SMILES string of the molecule is Cc1ccccc1CN(C(=O)CN(c1cc(Cl)ccc1C)S(C)(=O)=O)C(Cc1ccccc1)C(=O)NC1CCCC1. The van der Waals surface area contributed by atoms with Crippen molar-refractivity contribution in [1.29, 1.82) is 0 Å². The summed E-state index contributed by atoms with van der Waals surface area (Å²) < 4.78 is 27.1. The Hall–Kier alpha value is -3.36. The van der Waals surface area contributed by atoms with Gasteiger partial charge in [-0.3, -0.25) is 13.9 Å². The van der Waals surface area contributed by atoms with Gasteiger partial charge in [0.15, 0.2) is 0 Å². The largest absolute Gasteiger partial charge is 0.352 e. The predicted octanol–water partition coefficient (Wildman–Crippen LogP) is 5.42. The lowest BCUT2D eigenvalue weighted by Crippen LogP contribution is -2.54. The normalized spacial score (nSPS) is 14.4. The molecule has 1 aliphatic rings. The van der Waals surface area contributed by atoms with Crippen LogP contribution in [0.2, 0.25) is 5.02 Å². The van der Waals surface area contributed by atoms with Gasteiger partial charge in [0, 0.05) is 24.0 Å². The van der Waals surface area contributed by atoms with Crippen molar-refractivity contribution in [3.63, 3.8) is 0 Å². The van der Waals surface area contributed by atoms with E-state index in [2.05, 4.69) is 5.32 Å². The van der Waals surface area contributed by atoms with Gasteiger partial charge in [-0.25, -0.2) is 8.42 Å². The van der Waals surface area contributed by atoms with Crippen molar-refractivity contribution < 1.29 is 18.0 Å². The number of nitrogens with one attached hydrogen (secondary N) is 1. The summed E-state index contributed by atoms with van der Waals surface area (Å²) in [5.74, 6) is -0.701. The van der Waals surface area contributed by atoms with Crippen LogP contribution in [0.5, 0.6) is 0 Å². The fourth-order valence-electron chi connectivity index (χ4n) is 5.34. The fraction of sp³-hybridized carbons (Fsp3) is 0.375. The molecule has 3 aromatic rings. The Morgan fingerprint density at radius 1 is 0.951 bits per heavy atom. The Labute approximate surface area is 248 Å². The van der Waals surface area contributed by atoms with Gasteiger partial charge in [-0.15, -0.1) is 0 Å². The molecule has 4 rings (SSSR count). The summed E-state index contributed by atoms with van der Waals surface area (Å²) in [6.45, 7) is 3.43. The highest BCUT2D eigenvalue weighted by atomic mass is 35.5. The average molecular weight is 596 g/mol. The van der Waals surface area contributed by atoms with E-state index in [1.54, 1.807) is 25.1 Å². The molecule has 0 heterocycles. The number of carbonyl (C=O) groups excluding carboxylic acids is 2. The maximum absolute atomic E-state index is 14.3. The number of carbonyl (C=O) groups is 2. The molecule has 0 saturated heterocycles. The lowest BCUT2D eigenvalue weighted by atomic mass is 10.0. The third-order valence-corrected chi connectivity index (χ3v) is 9.06. The second-order valence-electron chi connectivity index (χ2n) is 10.8. The van der Waals surface area contributed by atoms with E-state index in [1.807, 2.05) is 61.5 Å². The zero-order valence-corrected chi connectivity index (χ0v) is 25.4. The van der Waals surface area contributed by atoms with E-state index >= 15 is 0 Å². The highest BCUT2D eigenvalue weighted by molar-refractivity contribution is 7.92. The molecule has 0 radical (unpaired) electrons. The van der Waals surface area contributed by atoms with E-state index in [9.17, 15) is 18.0 Å². The van der Waals surface area contributed by atoms with Crippen LogP contribution >= 0.6 is 11.6 Å². The maximum Gasteiger partial charge on any atom is 0.244 e. The standard InChI is InChI=1S/C32H38ClN3O4S/c1-23-11-7-8-14-26(23)21-35(31(37)22-36(41(3,39)40)29-20-27(33)18-17-24(29)2)30(19-25-12-5-4-6-13-25)32(38)34-28-15-9-10-16-28/h4-8,11-14,17-18,20,28,30H,9-10,15-16,19,21-22H2,1-3H3,(H,34,38). The summed E-state index contributed by atoms with van der Waals surface area (Å²) >= 11 is 6.23. The Morgan fingerprint density at radius 3 is 2.27 bits per heavy atom. The molecule has 0 aliphatic heterocycles. The first kappa shape index (κ1) is 30.6. The summed E-state index contributed by atoms with van der Waals surface area (Å²) in [6, 6.07) is 21.5. The smallest absolute Gasteiger partial charge is 0.244 e. The Morgan fingerprint density at radius 2 is 1.61 bits per heavy atom. The Balaban J connectivity index is 1.75. The summed E-state index contributed by atoms with van der Waals surface area (Å²) in [6.07, 6.45) is 5.30. The molecule has 9 heteroatoms. The van der Waals surface area contributed by atoms with Crippen LogP contribution in [-0.2, 0) is 32.6 Å². The molecule has 0 bridgehead atoms. The first-order valence-electron chi connectivity index (χ1n) is 13.9. The van der Waals surface area contributed by atoms with Crippen molar-refractivity contribution in [3.05, 3.63) is 100 Å². The van der Waals surface area contributed by atoms with Crippen LogP contribution < -0.4 is 9.62 Å². The number of anilines is 1. The number of benzene rings is 3. The van der Waals surface area contributed by atoms with Gasteiger partial charge in [0.2, 0.25) is 21.8 Å². The van der Waals surface area contributed by atoms with Gasteiger partial charge in [0.1, 0.15) is 12.6 Å². The van der Waals surface area contributed by atoms with Crippen molar-refractivity contribution >= 4 is 39.1 Å². The second kappa shape index (κ2) is 13.5. The third-order valence-electron chi connectivity index (χ3n) is 7.69. The zero-order chi connectivity index (χ0) is 29.6. The molecule has 1 aliphatic carbocycles. The van der Waals surface area contributed by atoms with Gasteiger partial charge in [-0.1, -0.05) is 85.1 Å². The molecule has 1 fully saturated rings.